The number of fused-ring (bicyclic) bond motifs is 1. The molecule has 0 aliphatic carbocycles. The molecule has 0 bridgehead atoms. The number of rotatable bonds is 8. The molecule has 10 heteroatoms. The second-order valence-electron chi connectivity index (χ2n) is 9.37. The smallest absolute Gasteiger partial charge is 0.410 e. The molecule has 0 saturated carbocycles. The summed E-state index contributed by atoms with van der Waals surface area (Å²) < 4.78 is 11.7. The lowest BCUT2D eigenvalue weighted by Crippen LogP contribution is -2.73. The zero-order chi connectivity index (χ0) is 26.5. The van der Waals surface area contributed by atoms with Crippen molar-refractivity contribution in [2.24, 2.45) is 0 Å². The minimum Gasteiger partial charge on any atom is -0.451 e. The molecule has 9 nitrogen and oxygen atoms in total. The van der Waals surface area contributed by atoms with E-state index in [1.165, 1.54) is 16.7 Å². The third kappa shape index (κ3) is 5.26. The van der Waals surface area contributed by atoms with Gasteiger partial charge < -0.3 is 24.6 Å². The minimum atomic E-state index is -1.08. The van der Waals surface area contributed by atoms with Gasteiger partial charge in [-0.1, -0.05) is 60.7 Å². The Kier molecular flexibility index (Phi) is 7.97. The van der Waals surface area contributed by atoms with Crippen molar-refractivity contribution in [3.63, 3.8) is 0 Å². The van der Waals surface area contributed by atoms with E-state index in [4.69, 9.17) is 9.47 Å². The van der Waals surface area contributed by atoms with E-state index in [2.05, 4.69) is 5.32 Å². The maximum atomic E-state index is 13.8. The number of piperidine rings is 1. The molecule has 0 radical (unpaired) electrons. The topological polar surface area (TPSA) is 105 Å². The zero-order valence-electron chi connectivity index (χ0n) is 20.7. The molecule has 198 valence electrons. The number of ether oxygens (including phenoxy) is 2. The van der Waals surface area contributed by atoms with E-state index in [-0.39, 0.29) is 12.5 Å². The first-order valence-electron chi connectivity index (χ1n) is 12.7. The number of esters is 1. The Morgan fingerprint density at radius 3 is 2.24 bits per heavy atom. The molecule has 2 fully saturated rings. The molecule has 2 unspecified atom stereocenters. The van der Waals surface area contributed by atoms with Gasteiger partial charge >= 0.3 is 12.1 Å². The van der Waals surface area contributed by atoms with E-state index in [1.807, 2.05) is 60.7 Å². The average molecular weight is 536 g/mol. The third-order valence-corrected chi connectivity index (χ3v) is 8.17. The zero-order valence-corrected chi connectivity index (χ0v) is 21.5. The van der Waals surface area contributed by atoms with Crippen molar-refractivity contribution in [3.05, 3.63) is 82.8 Å². The predicted octanol–water partition coefficient (Wildman–Crippen LogP) is 3.22. The molecule has 3 aliphatic heterocycles. The number of hydrogen-bond donors (Lipinski definition) is 1. The maximum absolute atomic E-state index is 13.8. The van der Waals surface area contributed by atoms with Crippen LogP contribution in [0.4, 0.5) is 4.79 Å². The molecule has 2 saturated heterocycles. The van der Waals surface area contributed by atoms with Gasteiger partial charge in [-0.15, -0.1) is 11.8 Å². The Bertz CT molecular complexity index is 1160. The van der Waals surface area contributed by atoms with Crippen LogP contribution in [-0.2, 0) is 23.9 Å². The number of amides is 3. The summed E-state index contributed by atoms with van der Waals surface area (Å²) in [5.41, 5.74) is 2.02. The number of thioether (sulfide) groups is 1. The van der Waals surface area contributed by atoms with Gasteiger partial charge in [-0.2, -0.15) is 0 Å². The number of nitrogens with zero attached hydrogens (tertiary/aromatic N) is 2. The van der Waals surface area contributed by atoms with Gasteiger partial charge in [-0.25, -0.2) is 9.59 Å². The maximum Gasteiger partial charge on any atom is 0.410 e. The highest BCUT2D eigenvalue weighted by molar-refractivity contribution is 8.02. The Morgan fingerprint density at radius 2 is 1.63 bits per heavy atom. The van der Waals surface area contributed by atoms with E-state index in [1.54, 1.807) is 10.3 Å². The van der Waals surface area contributed by atoms with Crippen molar-refractivity contribution in [3.8, 4) is 0 Å². The van der Waals surface area contributed by atoms with Crippen LogP contribution in [0.1, 0.15) is 36.5 Å². The number of nitrogens with one attached hydrogen (secondary N) is 1. The molecule has 2 aromatic rings. The van der Waals surface area contributed by atoms with Crippen molar-refractivity contribution in [2.45, 2.75) is 42.8 Å². The number of carbonyl (C=O) groups excluding carboxylic acids is 4. The molecule has 0 aromatic heterocycles. The molecule has 3 amide bonds. The van der Waals surface area contributed by atoms with Crippen molar-refractivity contribution < 1.29 is 28.7 Å². The SMILES string of the molecule is O=CNC1C(=O)N2C(C(=O)OC(c3ccccc3)c3ccccc3)C(COC(=O)N3CCCCC3)=CS[C@H]12. The Balaban J connectivity index is 1.39. The van der Waals surface area contributed by atoms with Crippen molar-refractivity contribution in [2.75, 3.05) is 19.7 Å². The largest absolute Gasteiger partial charge is 0.451 e. The van der Waals surface area contributed by atoms with Crippen LogP contribution in [0.15, 0.2) is 71.6 Å². The Morgan fingerprint density at radius 1 is 1.00 bits per heavy atom. The molecule has 3 aliphatic rings. The van der Waals surface area contributed by atoms with Crippen LogP contribution in [0, 0.1) is 0 Å². The summed E-state index contributed by atoms with van der Waals surface area (Å²) in [7, 11) is 0. The summed E-state index contributed by atoms with van der Waals surface area (Å²) in [5.74, 6) is -1.02. The van der Waals surface area contributed by atoms with Crippen molar-refractivity contribution >= 4 is 36.1 Å². The van der Waals surface area contributed by atoms with Gasteiger partial charge in [0, 0.05) is 18.7 Å². The van der Waals surface area contributed by atoms with E-state index < -0.39 is 35.6 Å². The van der Waals surface area contributed by atoms with Crippen LogP contribution in [-0.4, -0.2) is 71.3 Å². The summed E-state index contributed by atoms with van der Waals surface area (Å²) in [6, 6.07) is 16.9. The van der Waals surface area contributed by atoms with Crippen molar-refractivity contribution in [1.82, 2.24) is 15.1 Å². The Labute approximate surface area is 225 Å². The molecule has 3 heterocycles. The molecule has 38 heavy (non-hydrogen) atoms. The summed E-state index contributed by atoms with van der Waals surface area (Å²) >= 11 is 1.30. The summed E-state index contributed by atoms with van der Waals surface area (Å²) in [5, 5.41) is 3.80. The Hall–Kier alpha value is -3.79. The van der Waals surface area contributed by atoms with Crippen LogP contribution in [0.5, 0.6) is 0 Å². The number of likely N-dealkylation sites (tertiary alicyclic amines) is 1. The summed E-state index contributed by atoms with van der Waals surface area (Å²) in [4.78, 5) is 53.6. The quantitative estimate of drug-likeness (QED) is 0.314. The van der Waals surface area contributed by atoms with Crippen LogP contribution in [0.25, 0.3) is 0 Å². The van der Waals surface area contributed by atoms with Crippen LogP contribution in [0.2, 0.25) is 0 Å². The minimum absolute atomic E-state index is 0.147. The van der Waals surface area contributed by atoms with E-state index in [0.29, 0.717) is 25.1 Å². The molecular weight excluding hydrogens is 506 g/mol. The first-order valence-corrected chi connectivity index (χ1v) is 13.6. The fourth-order valence-electron chi connectivity index (χ4n) is 4.99. The highest BCUT2D eigenvalue weighted by atomic mass is 32.2. The third-order valence-electron chi connectivity index (χ3n) is 6.95. The van der Waals surface area contributed by atoms with Gasteiger partial charge in [0.2, 0.25) is 12.3 Å². The van der Waals surface area contributed by atoms with Gasteiger partial charge in [0.25, 0.3) is 0 Å². The summed E-state index contributed by atoms with van der Waals surface area (Å²) in [6.07, 6.45) is 2.28. The molecule has 1 N–H and O–H groups in total. The fourth-order valence-corrected chi connectivity index (χ4v) is 6.21. The lowest BCUT2D eigenvalue weighted by atomic mass is 9.97. The van der Waals surface area contributed by atoms with Crippen molar-refractivity contribution in [1.29, 1.82) is 0 Å². The number of carbonyl (C=O) groups is 4. The van der Waals surface area contributed by atoms with Gasteiger partial charge in [0.05, 0.1) is 0 Å². The number of hydrogen-bond acceptors (Lipinski definition) is 7. The van der Waals surface area contributed by atoms with E-state index >= 15 is 0 Å². The first kappa shape index (κ1) is 25.8. The lowest BCUT2D eigenvalue weighted by Gasteiger charge is -2.51. The number of β-lactam (4-membered cyclic amide) rings is 1. The first-order chi connectivity index (χ1) is 18.6. The predicted molar refractivity (Wildman–Crippen MR) is 141 cm³/mol. The fraction of sp³-hybridized carbons (Fsp3) is 0.357. The summed E-state index contributed by atoms with van der Waals surface area (Å²) in [6.45, 7) is 1.13. The van der Waals surface area contributed by atoms with Crippen LogP contribution < -0.4 is 5.32 Å². The molecule has 2 aromatic carbocycles. The highest BCUT2D eigenvalue weighted by Crippen LogP contribution is 2.41. The molecule has 0 spiro atoms. The van der Waals surface area contributed by atoms with Gasteiger partial charge in [-0.3, -0.25) is 9.59 Å². The van der Waals surface area contributed by atoms with Crippen LogP contribution in [0.3, 0.4) is 0 Å². The van der Waals surface area contributed by atoms with E-state index in [0.717, 1.165) is 30.4 Å². The standard InChI is InChI=1S/C28H29N3O6S/c32-18-29-22-25(33)31-23(21(17-38-26(22)31)16-36-28(35)30-14-8-3-9-15-30)27(34)37-24(19-10-4-1-5-11-19)20-12-6-2-7-13-20/h1-2,4-7,10-13,17-18,22-24,26H,3,8-9,14-16H2,(H,29,32)/t22?,23?,26-/m1/s1. The second-order valence-corrected chi connectivity index (χ2v) is 10.4. The van der Waals surface area contributed by atoms with Crippen LogP contribution >= 0.6 is 11.8 Å². The molecule has 5 rings (SSSR count). The molecular formula is C28H29N3O6S. The molecule has 3 atom stereocenters. The highest BCUT2D eigenvalue weighted by Gasteiger charge is 2.56. The number of benzene rings is 2. The van der Waals surface area contributed by atoms with E-state index in [9.17, 15) is 19.2 Å². The monoisotopic (exact) mass is 535 g/mol. The normalized spacial score (nSPS) is 22.6. The lowest BCUT2D eigenvalue weighted by molar-refractivity contribution is -0.165. The van der Waals surface area contributed by atoms with Gasteiger partial charge in [0.1, 0.15) is 18.0 Å². The van der Waals surface area contributed by atoms with Gasteiger partial charge in [-0.05, 0) is 35.8 Å². The average Bonchev–Trinajstić information content (AvgIpc) is 2.98. The second kappa shape index (κ2) is 11.7. The van der Waals surface area contributed by atoms with Gasteiger partial charge in [0.15, 0.2) is 12.1 Å².